The maximum Gasteiger partial charge on any atom is 0.348 e. The molecule has 0 fully saturated rings. The lowest BCUT2D eigenvalue weighted by Crippen LogP contribution is -2.44. The lowest BCUT2D eigenvalue weighted by Gasteiger charge is -2.22. The first-order chi connectivity index (χ1) is 9.32. The van der Waals surface area contributed by atoms with E-state index in [1.165, 1.54) is 68.5 Å². The first kappa shape index (κ1) is 15.6. The van der Waals surface area contributed by atoms with Crippen LogP contribution in [0.3, 0.4) is 0 Å². The number of imide groups is 1. The second-order valence-electron chi connectivity index (χ2n) is 4.46. The molecule has 0 bridgehead atoms. The van der Waals surface area contributed by atoms with Crippen LogP contribution in [0.1, 0.15) is 5.56 Å². The van der Waals surface area contributed by atoms with Gasteiger partial charge in [-0.05, 0) is 17.7 Å². The molecule has 0 aliphatic heterocycles. The number of nitrogens with zero attached hydrogens (tertiary/aromatic N) is 4. The van der Waals surface area contributed by atoms with Crippen LogP contribution < -0.4 is 0 Å². The highest BCUT2D eigenvalue weighted by Crippen LogP contribution is 2.04. The van der Waals surface area contributed by atoms with E-state index in [-0.39, 0.29) is 5.82 Å². The van der Waals surface area contributed by atoms with Crippen molar-refractivity contribution >= 4 is 18.3 Å². The number of carbonyl (C=O) groups is 2. The zero-order chi connectivity index (χ0) is 15.3. The van der Waals surface area contributed by atoms with Crippen LogP contribution in [-0.2, 0) is 0 Å². The Labute approximate surface area is 117 Å². The lowest BCUT2D eigenvalue weighted by molar-refractivity contribution is 0.155. The van der Waals surface area contributed by atoms with E-state index in [4.69, 9.17) is 0 Å². The van der Waals surface area contributed by atoms with Gasteiger partial charge in [-0.25, -0.2) is 14.0 Å². The largest absolute Gasteiger partial charge is 0.348 e. The Morgan fingerprint density at radius 3 is 1.85 bits per heavy atom. The maximum atomic E-state index is 12.8. The molecule has 6 nitrogen and oxygen atoms in total. The quantitative estimate of drug-likeness (QED) is 0.613. The van der Waals surface area contributed by atoms with Crippen molar-refractivity contribution in [3.8, 4) is 0 Å². The van der Waals surface area contributed by atoms with E-state index < -0.39 is 12.1 Å². The minimum Gasteiger partial charge on any atom is -0.329 e. The predicted octanol–water partition coefficient (Wildman–Crippen LogP) is 1.82. The number of amides is 4. The Hall–Kier alpha value is -2.44. The number of hydrogen-bond acceptors (Lipinski definition) is 3. The van der Waals surface area contributed by atoms with Gasteiger partial charge in [0, 0.05) is 28.2 Å². The van der Waals surface area contributed by atoms with Gasteiger partial charge in [0.1, 0.15) is 5.82 Å². The predicted molar refractivity (Wildman–Crippen MR) is 74.0 cm³/mol. The lowest BCUT2D eigenvalue weighted by atomic mass is 10.2. The van der Waals surface area contributed by atoms with E-state index in [1.54, 1.807) is 0 Å². The molecule has 7 heteroatoms. The third kappa shape index (κ3) is 4.04. The Morgan fingerprint density at radius 2 is 1.45 bits per heavy atom. The Bertz CT molecular complexity index is 492. The van der Waals surface area contributed by atoms with Crippen molar-refractivity contribution in [3.05, 3.63) is 35.6 Å². The molecule has 0 radical (unpaired) electrons. The van der Waals surface area contributed by atoms with Gasteiger partial charge in [-0.2, -0.15) is 5.10 Å². The molecule has 108 valence electrons. The van der Waals surface area contributed by atoms with Gasteiger partial charge in [-0.1, -0.05) is 12.1 Å². The standard InChI is InChI=1S/C13H17FN4O2/c1-16(2)12(19)18(13(20)17(3)4)15-9-10-5-7-11(14)8-6-10/h5-9H,1-4H3/b15-9+. The first-order valence-electron chi connectivity index (χ1n) is 5.85. The highest BCUT2D eigenvalue weighted by atomic mass is 19.1. The van der Waals surface area contributed by atoms with Crippen LogP contribution >= 0.6 is 0 Å². The van der Waals surface area contributed by atoms with Crippen molar-refractivity contribution in [2.24, 2.45) is 5.10 Å². The molecular weight excluding hydrogens is 263 g/mol. The van der Waals surface area contributed by atoms with Crippen molar-refractivity contribution in [1.29, 1.82) is 0 Å². The summed E-state index contributed by atoms with van der Waals surface area (Å²) in [4.78, 5) is 26.3. The summed E-state index contributed by atoms with van der Waals surface area (Å²) in [6.45, 7) is 0. The first-order valence-corrected chi connectivity index (χ1v) is 5.85. The highest BCUT2D eigenvalue weighted by molar-refractivity contribution is 5.94. The summed E-state index contributed by atoms with van der Waals surface area (Å²) in [5.74, 6) is -0.368. The number of carbonyl (C=O) groups excluding carboxylic acids is 2. The van der Waals surface area contributed by atoms with E-state index in [2.05, 4.69) is 5.10 Å². The fourth-order valence-electron chi connectivity index (χ4n) is 1.23. The molecular formula is C13H17FN4O2. The molecule has 0 N–H and O–H groups in total. The second-order valence-corrected chi connectivity index (χ2v) is 4.46. The number of urea groups is 2. The molecule has 0 aliphatic rings. The molecule has 0 saturated carbocycles. The second kappa shape index (κ2) is 6.65. The number of rotatable bonds is 2. The average molecular weight is 280 g/mol. The zero-order valence-corrected chi connectivity index (χ0v) is 11.9. The zero-order valence-electron chi connectivity index (χ0n) is 11.9. The van der Waals surface area contributed by atoms with Gasteiger partial charge >= 0.3 is 12.1 Å². The van der Waals surface area contributed by atoms with Crippen LogP contribution in [0.15, 0.2) is 29.4 Å². The third-order valence-electron chi connectivity index (χ3n) is 2.32. The Kier molecular flexibility index (Phi) is 5.19. The summed E-state index contributed by atoms with van der Waals surface area (Å²) in [7, 11) is 6.08. The van der Waals surface area contributed by atoms with Crippen LogP contribution in [0.5, 0.6) is 0 Å². The van der Waals surface area contributed by atoms with Gasteiger partial charge < -0.3 is 9.80 Å². The monoisotopic (exact) mass is 280 g/mol. The molecule has 1 aromatic rings. The third-order valence-corrected chi connectivity index (χ3v) is 2.32. The fourth-order valence-corrected chi connectivity index (χ4v) is 1.23. The van der Waals surface area contributed by atoms with E-state index in [9.17, 15) is 14.0 Å². The summed E-state index contributed by atoms with van der Waals surface area (Å²) < 4.78 is 12.8. The van der Waals surface area contributed by atoms with Crippen molar-refractivity contribution in [3.63, 3.8) is 0 Å². The molecule has 0 saturated heterocycles. The summed E-state index contributed by atoms with van der Waals surface area (Å²) in [6.07, 6.45) is 1.32. The van der Waals surface area contributed by atoms with Crippen molar-refractivity contribution in [2.45, 2.75) is 0 Å². The van der Waals surface area contributed by atoms with E-state index >= 15 is 0 Å². The SMILES string of the molecule is CN(C)C(=O)N(/N=C/c1ccc(F)cc1)C(=O)N(C)C. The maximum absolute atomic E-state index is 12.8. The molecule has 1 aromatic carbocycles. The summed E-state index contributed by atoms with van der Waals surface area (Å²) >= 11 is 0. The molecule has 0 heterocycles. The fraction of sp³-hybridized carbons (Fsp3) is 0.308. The highest BCUT2D eigenvalue weighted by Gasteiger charge is 2.23. The normalized spacial score (nSPS) is 10.4. The van der Waals surface area contributed by atoms with Crippen molar-refractivity contribution < 1.29 is 14.0 Å². The summed E-state index contributed by atoms with van der Waals surface area (Å²) in [6, 6.07) is 4.40. The minimum absolute atomic E-state index is 0.368. The van der Waals surface area contributed by atoms with Gasteiger partial charge in [0.2, 0.25) is 0 Å². The van der Waals surface area contributed by atoms with Crippen molar-refractivity contribution in [1.82, 2.24) is 14.8 Å². The molecule has 4 amide bonds. The van der Waals surface area contributed by atoms with Crippen LogP contribution in [0.25, 0.3) is 0 Å². The van der Waals surface area contributed by atoms with Gasteiger partial charge in [0.15, 0.2) is 0 Å². The van der Waals surface area contributed by atoms with Gasteiger partial charge in [0.05, 0.1) is 6.21 Å². The average Bonchev–Trinajstić information content (AvgIpc) is 2.40. The van der Waals surface area contributed by atoms with Gasteiger partial charge in [-0.15, -0.1) is 5.01 Å². The van der Waals surface area contributed by atoms with Crippen LogP contribution in [0.4, 0.5) is 14.0 Å². The van der Waals surface area contributed by atoms with E-state index in [1.807, 2.05) is 0 Å². The summed E-state index contributed by atoms with van der Waals surface area (Å²) in [5.41, 5.74) is 0.578. The smallest absolute Gasteiger partial charge is 0.329 e. The van der Waals surface area contributed by atoms with Crippen molar-refractivity contribution in [2.75, 3.05) is 28.2 Å². The number of halogens is 1. The Morgan fingerprint density at radius 1 is 1.00 bits per heavy atom. The molecule has 1 rings (SSSR count). The topological polar surface area (TPSA) is 56.2 Å². The van der Waals surface area contributed by atoms with Gasteiger partial charge in [-0.3, -0.25) is 0 Å². The number of hydrogen-bond donors (Lipinski definition) is 0. The molecule has 0 atom stereocenters. The van der Waals surface area contributed by atoms with Crippen LogP contribution in [-0.4, -0.2) is 61.3 Å². The van der Waals surface area contributed by atoms with E-state index in [0.717, 1.165) is 5.01 Å². The number of hydrazone groups is 1. The molecule has 0 aromatic heterocycles. The molecule has 0 spiro atoms. The Balaban J connectivity index is 2.97. The number of benzene rings is 1. The molecule has 0 unspecified atom stereocenters. The van der Waals surface area contributed by atoms with Gasteiger partial charge in [0.25, 0.3) is 0 Å². The van der Waals surface area contributed by atoms with Crippen LogP contribution in [0.2, 0.25) is 0 Å². The van der Waals surface area contributed by atoms with E-state index in [0.29, 0.717) is 5.56 Å². The minimum atomic E-state index is -0.568. The molecule has 20 heavy (non-hydrogen) atoms. The molecule has 0 aliphatic carbocycles. The summed E-state index contributed by atoms with van der Waals surface area (Å²) in [5, 5.41) is 4.61. The van der Waals surface area contributed by atoms with Crippen LogP contribution in [0, 0.1) is 5.82 Å².